The van der Waals surface area contributed by atoms with E-state index < -0.39 is 0 Å². The van der Waals surface area contributed by atoms with Gasteiger partial charge in [0.1, 0.15) is 10.8 Å². The fraction of sp³-hybridized carbons (Fsp3) is 0.357. The van der Waals surface area contributed by atoms with Gasteiger partial charge in [-0.2, -0.15) is 0 Å². The lowest BCUT2D eigenvalue weighted by molar-refractivity contribution is 0.253. The number of nitrogens with zero attached hydrogens (tertiary/aromatic N) is 1. The number of aromatic nitrogens is 1. The van der Waals surface area contributed by atoms with Gasteiger partial charge >= 0.3 is 0 Å². The van der Waals surface area contributed by atoms with Gasteiger partial charge in [0.25, 0.3) is 0 Å². The topological polar surface area (TPSA) is 38.9 Å². The lowest BCUT2D eigenvalue weighted by Gasteiger charge is -2.35. The summed E-state index contributed by atoms with van der Waals surface area (Å²) in [6.07, 6.45) is 3.12. The van der Waals surface area contributed by atoms with Gasteiger partial charge in [-0.1, -0.05) is 12.1 Å². The van der Waals surface area contributed by atoms with Gasteiger partial charge in [0.05, 0.1) is 11.2 Å². The lowest BCUT2D eigenvalue weighted by atomic mass is 9.78. The van der Waals surface area contributed by atoms with Crippen molar-refractivity contribution in [1.29, 1.82) is 0 Å². The van der Waals surface area contributed by atoms with Crippen LogP contribution in [0.4, 0.5) is 4.39 Å². The SMILES string of the molecule is Cc1sc(C2(N)CCC2)nc1-c1ccccc1F.Cl. The van der Waals surface area contributed by atoms with Crippen LogP contribution in [0.15, 0.2) is 24.3 Å². The first kappa shape index (κ1) is 14.4. The molecular formula is C14H16ClFN2S. The molecule has 1 aromatic heterocycles. The molecule has 0 saturated heterocycles. The summed E-state index contributed by atoms with van der Waals surface area (Å²) < 4.78 is 13.8. The fourth-order valence-electron chi connectivity index (χ4n) is 2.28. The minimum atomic E-state index is -0.265. The highest BCUT2D eigenvalue weighted by molar-refractivity contribution is 7.12. The first-order chi connectivity index (χ1) is 8.60. The third-order valence-corrected chi connectivity index (χ3v) is 4.79. The minimum Gasteiger partial charge on any atom is -0.319 e. The molecule has 0 spiro atoms. The number of rotatable bonds is 2. The van der Waals surface area contributed by atoms with Crippen molar-refractivity contribution in [3.8, 4) is 11.3 Å². The van der Waals surface area contributed by atoms with E-state index in [1.165, 1.54) is 6.07 Å². The van der Waals surface area contributed by atoms with Crippen molar-refractivity contribution in [1.82, 2.24) is 4.98 Å². The van der Waals surface area contributed by atoms with Crippen molar-refractivity contribution in [3.63, 3.8) is 0 Å². The largest absolute Gasteiger partial charge is 0.319 e. The first-order valence-corrected chi connectivity index (χ1v) is 6.93. The van der Waals surface area contributed by atoms with Gasteiger partial charge in [0.2, 0.25) is 0 Å². The summed E-state index contributed by atoms with van der Waals surface area (Å²) in [5.41, 5.74) is 7.32. The molecule has 0 bridgehead atoms. The van der Waals surface area contributed by atoms with Gasteiger partial charge in [-0.25, -0.2) is 9.37 Å². The zero-order valence-corrected chi connectivity index (χ0v) is 12.3. The molecule has 1 heterocycles. The maximum Gasteiger partial charge on any atom is 0.132 e. The summed E-state index contributed by atoms with van der Waals surface area (Å²) in [6, 6.07) is 6.76. The Balaban J connectivity index is 0.00000133. The Bertz CT molecular complexity index is 593. The standard InChI is InChI=1S/C14H15FN2S.ClH/c1-9-12(10-5-2-3-6-11(10)15)17-13(18-9)14(16)7-4-8-14;/h2-3,5-6H,4,7-8,16H2,1H3;1H. The summed E-state index contributed by atoms with van der Waals surface area (Å²) in [5, 5.41) is 0.949. The molecule has 1 aliphatic rings. The van der Waals surface area contributed by atoms with Crippen LogP contribution in [0.3, 0.4) is 0 Å². The van der Waals surface area contributed by atoms with Gasteiger partial charge in [-0.3, -0.25) is 0 Å². The first-order valence-electron chi connectivity index (χ1n) is 6.12. The van der Waals surface area contributed by atoms with E-state index in [1.807, 2.05) is 13.0 Å². The Morgan fingerprint density at radius 2 is 2.00 bits per heavy atom. The van der Waals surface area contributed by atoms with Crippen molar-refractivity contribution >= 4 is 23.7 Å². The highest BCUT2D eigenvalue weighted by Gasteiger charge is 2.37. The smallest absolute Gasteiger partial charge is 0.132 e. The van der Waals surface area contributed by atoms with Crippen LogP contribution in [0, 0.1) is 12.7 Å². The van der Waals surface area contributed by atoms with Gasteiger partial charge in [-0.05, 0) is 38.3 Å². The van der Waals surface area contributed by atoms with Gasteiger partial charge in [0, 0.05) is 10.4 Å². The molecule has 5 heteroatoms. The summed E-state index contributed by atoms with van der Waals surface area (Å²) in [7, 11) is 0. The predicted octanol–water partition coefficient (Wildman–Crippen LogP) is 4.02. The van der Waals surface area contributed by atoms with E-state index in [4.69, 9.17) is 5.73 Å². The second kappa shape index (κ2) is 5.19. The van der Waals surface area contributed by atoms with E-state index in [9.17, 15) is 4.39 Å². The third kappa shape index (κ3) is 2.40. The highest BCUT2D eigenvalue weighted by atomic mass is 35.5. The molecule has 102 valence electrons. The van der Waals surface area contributed by atoms with Crippen LogP contribution in [0.25, 0.3) is 11.3 Å². The maximum absolute atomic E-state index is 13.8. The zero-order chi connectivity index (χ0) is 12.8. The van der Waals surface area contributed by atoms with Crippen molar-refractivity contribution in [3.05, 3.63) is 40.0 Å². The van der Waals surface area contributed by atoms with E-state index in [-0.39, 0.29) is 23.8 Å². The van der Waals surface area contributed by atoms with E-state index in [2.05, 4.69) is 4.98 Å². The molecule has 1 fully saturated rings. The monoisotopic (exact) mass is 298 g/mol. The summed E-state index contributed by atoms with van der Waals surface area (Å²) >= 11 is 1.60. The van der Waals surface area contributed by atoms with Crippen molar-refractivity contribution in [2.75, 3.05) is 0 Å². The Morgan fingerprint density at radius 1 is 1.32 bits per heavy atom. The number of benzene rings is 1. The molecule has 1 aromatic carbocycles. The molecule has 0 unspecified atom stereocenters. The average Bonchev–Trinajstić information content (AvgIpc) is 2.69. The zero-order valence-electron chi connectivity index (χ0n) is 10.6. The molecule has 2 N–H and O–H groups in total. The molecule has 0 radical (unpaired) electrons. The van der Waals surface area contributed by atoms with Crippen molar-refractivity contribution in [2.24, 2.45) is 5.73 Å². The third-order valence-electron chi connectivity index (χ3n) is 3.60. The number of hydrogen-bond donors (Lipinski definition) is 1. The predicted molar refractivity (Wildman–Crippen MR) is 79.2 cm³/mol. The second-order valence-electron chi connectivity index (χ2n) is 4.91. The number of thiazole rings is 1. The molecule has 2 nitrogen and oxygen atoms in total. The normalized spacial score (nSPS) is 16.6. The Kier molecular flexibility index (Phi) is 3.95. The summed E-state index contributed by atoms with van der Waals surface area (Å²) in [4.78, 5) is 5.62. The fourth-order valence-corrected chi connectivity index (χ4v) is 3.37. The number of hydrogen-bond acceptors (Lipinski definition) is 3. The van der Waals surface area contributed by atoms with Gasteiger partial charge in [-0.15, -0.1) is 23.7 Å². The molecule has 1 saturated carbocycles. The average molecular weight is 299 g/mol. The van der Waals surface area contributed by atoms with Gasteiger partial charge in [0.15, 0.2) is 0 Å². The molecular weight excluding hydrogens is 283 g/mol. The van der Waals surface area contributed by atoms with Crippen LogP contribution in [-0.2, 0) is 5.54 Å². The minimum absolute atomic E-state index is 0. The molecule has 0 atom stereocenters. The van der Waals surface area contributed by atoms with Crippen LogP contribution in [0.1, 0.15) is 29.1 Å². The molecule has 19 heavy (non-hydrogen) atoms. The van der Waals surface area contributed by atoms with Crippen LogP contribution >= 0.6 is 23.7 Å². The Morgan fingerprint density at radius 3 is 2.58 bits per heavy atom. The van der Waals surface area contributed by atoms with E-state index in [0.717, 1.165) is 34.8 Å². The Labute approximate surface area is 122 Å². The molecule has 0 amide bonds. The number of nitrogens with two attached hydrogens (primary N) is 1. The van der Waals surface area contributed by atoms with Crippen molar-refractivity contribution < 1.29 is 4.39 Å². The second-order valence-corrected chi connectivity index (χ2v) is 6.12. The molecule has 2 aromatic rings. The Hall–Kier alpha value is -0.970. The van der Waals surface area contributed by atoms with Crippen LogP contribution in [0.2, 0.25) is 0 Å². The maximum atomic E-state index is 13.8. The van der Waals surface area contributed by atoms with Crippen LogP contribution in [-0.4, -0.2) is 4.98 Å². The summed E-state index contributed by atoms with van der Waals surface area (Å²) in [5.74, 6) is -0.225. The number of halogens is 2. The summed E-state index contributed by atoms with van der Waals surface area (Å²) in [6.45, 7) is 1.98. The lowest BCUT2D eigenvalue weighted by Crippen LogP contribution is -2.43. The van der Waals surface area contributed by atoms with E-state index in [1.54, 1.807) is 23.5 Å². The molecule has 0 aliphatic heterocycles. The number of aryl methyl sites for hydroxylation is 1. The molecule has 3 rings (SSSR count). The van der Waals surface area contributed by atoms with E-state index >= 15 is 0 Å². The molecule has 1 aliphatic carbocycles. The van der Waals surface area contributed by atoms with Crippen LogP contribution < -0.4 is 5.73 Å². The van der Waals surface area contributed by atoms with Crippen LogP contribution in [0.5, 0.6) is 0 Å². The van der Waals surface area contributed by atoms with E-state index in [0.29, 0.717) is 5.56 Å². The quantitative estimate of drug-likeness (QED) is 0.909. The van der Waals surface area contributed by atoms with Crippen molar-refractivity contribution in [2.45, 2.75) is 31.7 Å². The highest BCUT2D eigenvalue weighted by Crippen LogP contribution is 2.42. The van der Waals surface area contributed by atoms with Gasteiger partial charge < -0.3 is 5.73 Å².